The fourth-order valence-corrected chi connectivity index (χ4v) is 4.39. The molecule has 0 unspecified atom stereocenters. The molecule has 2 N–H and O–H groups in total. The average molecular weight is 483 g/mol. The first-order chi connectivity index (χ1) is 17.6. The van der Waals surface area contributed by atoms with Gasteiger partial charge >= 0.3 is 0 Å². The summed E-state index contributed by atoms with van der Waals surface area (Å²) in [6.45, 7) is 4.38. The quantitative estimate of drug-likeness (QED) is 0.245. The number of aryl methyl sites for hydroxylation is 2. The first-order valence-electron chi connectivity index (χ1n) is 13.0. The molecule has 0 atom stereocenters. The molecule has 36 heavy (non-hydrogen) atoms. The number of unbranched alkanes of at least 4 members (excludes halogenated alkanes) is 4. The van der Waals surface area contributed by atoms with Gasteiger partial charge in [0.05, 0.1) is 33.9 Å². The van der Waals surface area contributed by atoms with Crippen molar-refractivity contribution in [3.63, 3.8) is 0 Å². The summed E-state index contributed by atoms with van der Waals surface area (Å²) >= 11 is 0. The Balaban J connectivity index is 1.85. The lowest BCUT2D eigenvalue weighted by molar-refractivity contribution is 0.716. The Kier molecular flexibility index (Phi) is 8.61. The van der Waals surface area contributed by atoms with E-state index < -0.39 is 0 Å². The number of aromatic amines is 2. The van der Waals surface area contributed by atoms with Crippen molar-refractivity contribution < 1.29 is 0 Å². The van der Waals surface area contributed by atoms with E-state index in [-0.39, 0.29) is 10.9 Å². The molecule has 4 aromatic heterocycles. The van der Waals surface area contributed by atoms with Gasteiger partial charge in [0.2, 0.25) is 0 Å². The molecule has 4 heterocycles. The van der Waals surface area contributed by atoms with E-state index in [1.807, 2.05) is 12.1 Å². The fourth-order valence-electron chi connectivity index (χ4n) is 4.39. The molecule has 0 aliphatic heterocycles. The second kappa shape index (κ2) is 12.2. The summed E-state index contributed by atoms with van der Waals surface area (Å²) in [7, 11) is 0. The predicted molar refractivity (Wildman–Crippen MR) is 146 cm³/mol. The van der Waals surface area contributed by atoms with Gasteiger partial charge in [-0.3, -0.25) is 9.59 Å². The number of hydrogen-bond acceptors (Lipinski definition) is 4. The van der Waals surface area contributed by atoms with Gasteiger partial charge in [0.25, 0.3) is 0 Å². The van der Waals surface area contributed by atoms with E-state index in [0.717, 1.165) is 62.5 Å². The number of rotatable bonds is 11. The molecule has 0 aliphatic rings. The number of nitrogens with one attached hydrogen (secondary N) is 2. The van der Waals surface area contributed by atoms with Crippen molar-refractivity contribution in [1.29, 1.82) is 0 Å². The van der Waals surface area contributed by atoms with Gasteiger partial charge in [0.1, 0.15) is 0 Å². The standard InChI is InChI=1S/C30H34N4O2/c1-3-5-7-9-21-15-25(23-19-31-13-11-29(23)35)33-27(17-21)28-18-22(10-8-6-4-2)16-26(34-28)24-20-32-14-12-30(24)36/h11-20H,3-10H2,1-2H3,(H,31,35)(H,32,36). The van der Waals surface area contributed by atoms with E-state index in [2.05, 4.69) is 35.9 Å². The van der Waals surface area contributed by atoms with Crippen molar-refractivity contribution in [1.82, 2.24) is 19.9 Å². The third-order valence-corrected chi connectivity index (χ3v) is 6.37. The number of pyridine rings is 4. The van der Waals surface area contributed by atoms with Crippen molar-refractivity contribution in [2.45, 2.75) is 65.2 Å². The highest BCUT2D eigenvalue weighted by Crippen LogP contribution is 2.27. The molecule has 0 bridgehead atoms. The van der Waals surface area contributed by atoms with Crippen LogP contribution in [0.25, 0.3) is 33.9 Å². The van der Waals surface area contributed by atoms with Gasteiger partial charge in [0, 0.05) is 36.9 Å². The van der Waals surface area contributed by atoms with Crippen LogP contribution in [0.5, 0.6) is 0 Å². The zero-order chi connectivity index (χ0) is 25.3. The van der Waals surface area contributed by atoms with Crippen molar-refractivity contribution in [2.75, 3.05) is 0 Å². The molecule has 0 aromatic carbocycles. The molecule has 4 aromatic rings. The zero-order valence-corrected chi connectivity index (χ0v) is 21.1. The van der Waals surface area contributed by atoms with Crippen LogP contribution in [0.3, 0.4) is 0 Å². The third-order valence-electron chi connectivity index (χ3n) is 6.37. The summed E-state index contributed by atoms with van der Waals surface area (Å²) in [4.78, 5) is 41.0. The number of H-pyrrole nitrogens is 2. The number of nitrogens with zero attached hydrogens (tertiary/aromatic N) is 2. The maximum absolute atomic E-state index is 12.6. The van der Waals surface area contributed by atoms with E-state index in [4.69, 9.17) is 9.97 Å². The zero-order valence-electron chi connectivity index (χ0n) is 21.1. The minimum absolute atomic E-state index is 0.0734. The van der Waals surface area contributed by atoms with Crippen LogP contribution in [-0.4, -0.2) is 19.9 Å². The molecule has 6 nitrogen and oxygen atoms in total. The fraction of sp³-hybridized carbons (Fsp3) is 0.333. The molecule has 0 aliphatic carbocycles. The molecule has 0 radical (unpaired) electrons. The summed E-state index contributed by atoms with van der Waals surface area (Å²) < 4.78 is 0. The summed E-state index contributed by atoms with van der Waals surface area (Å²) in [5.41, 5.74) is 5.89. The lowest BCUT2D eigenvalue weighted by Crippen LogP contribution is -2.07. The maximum atomic E-state index is 12.6. The summed E-state index contributed by atoms with van der Waals surface area (Å²) in [6, 6.07) is 11.2. The van der Waals surface area contributed by atoms with Gasteiger partial charge < -0.3 is 9.97 Å². The molecule has 186 valence electrons. The largest absolute Gasteiger partial charge is 0.367 e. The Morgan fingerprint density at radius 1 is 0.611 bits per heavy atom. The Morgan fingerprint density at radius 3 is 1.42 bits per heavy atom. The van der Waals surface area contributed by atoms with Gasteiger partial charge in [-0.2, -0.15) is 0 Å². The van der Waals surface area contributed by atoms with Crippen molar-refractivity contribution in [3.8, 4) is 33.9 Å². The van der Waals surface area contributed by atoms with Crippen LogP contribution in [0.15, 0.2) is 70.8 Å². The minimum atomic E-state index is -0.0734. The number of aromatic nitrogens is 4. The van der Waals surface area contributed by atoms with Crippen LogP contribution < -0.4 is 10.9 Å². The molecular formula is C30H34N4O2. The molecule has 0 fully saturated rings. The lowest BCUT2D eigenvalue weighted by Gasteiger charge is -2.12. The lowest BCUT2D eigenvalue weighted by atomic mass is 10.0. The highest BCUT2D eigenvalue weighted by atomic mass is 16.1. The van der Waals surface area contributed by atoms with Gasteiger partial charge in [-0.05, 0) is 61.1 Å². The molecule has 6 heteroatoms. The van der Waals surface area contributed by atoms with E-state index in [9.17, 15) is 9.59 Å². The highest BCUT2D eigenvalue weighted by Gasteiger charge is 2.14. The van der Waals surface area contributed by atoms with Crippen LogP contribution in [0, 0.1) is 0 Å². The molecule has 0 saturated heterocycles. The van der Waals surface area contributed by atoms with Crippen molar-refractivity contribution >= 4 is 0 Å². The summed E-state index contributed by atoms with van der Waals surface area (Å²) in [5.74, 6) is 0. The van der Waals surface area contributed by atoms with Crippen molar-refractivity contribution in [2.24, 2.45) is 0 Å². The van der Waals surface area contributed by atoms with Crippen LogP contribution in [-0.2, 0) is 12.8 Å². The van der Waals surface area contributed by atoms with Gasteiger partial charge in [-0.25, -0.2) is 9.97 Å². The Hall–Kier alpha value is -3.80. The van der Waals surface area contributed by atoms with Gasteiger partial charge in [-0.1, -0.05) is 39.5 Å². The maximum Gasteiger partial charge on any atom is 0.190 e. The predicted octanol–water partition coefficient (Wildman–Crippen LogP) is 6.32. The first-order valence-corrected chi connectivity index (χ1v) is 13.0. The third kappa shape index (κ3) is 6.25. The average Bonchev–Trinajstić information content (AvgIpc) is 2.89. The number of hydrogen-bond donors (Lipinski definition) is 2. The van der Waals surface area contributed by atoms with E-state index in [1.54, 1.807) is 24.8 Å². The van der Waals surface area contributed by atoms with Crippen LogP contribution in [0.2, 0.25) is 0 Å². The summed E-state index contributed by atoms with van der Waals surface area (Å²) in [5, 5.41) is 0. The van der Waals surface area contributed by atoms with Gasteiger partial charge in [0.15, 0.2) is 10.9 Å². The monoisotopic (exact) mass is 482 g/mol. The van der Waals surface area contributed by atoms with Crippen LogP contribution in [0.4, 0.5) is 0 Å². The SMILES string of the molecule is CCCCCc1cc(-c2cc(CCCCC)cc(-c3c[nH]ccc3=O)n2)nc(-c2c[nH]ccc2=O)c1. The second-order valence-corrected chi connectivity index (χ2v) is 9.25. The normalized spacial score (nSPS) is 11.1. The summed E-state index contributed by atoms with van der Waals surface area (Å²) in [6.07, 6.45) is 15.2. The Labute approximate surface area is 211 Å². The Bertz CT molecular complexity index is 1310. The van der Waals surface area contributed by atoms with E-state index >= 15 is 0 Å². The molecule has 0 spiro atoms. The Morgan fingerprint density at radius 2 is 1.03 bits per heavy atom. The topological polar surface area (TPSA) is 91.5 Å². The van der Waals surface area contributed by atoms with Crippen LogP contribution >= 0.6 is 0 Å². The molecule has 0 saturated carbocycles. The van der Waals surface area contributed by atoms with E-state index in [1.165, 1.54) is 12.1 Å². The minimum Gasteiger partial charge on any atom is -0.367 e. The first kappa shape index (κ1) is 25.3. The van der Waals surface area contributed by atoms with E-state index in [0.29, 0.717) is 33.9 Å². The molecular weight excluding hydrogens is 448 g/mol. The molecule has 0 amide bonds. The highest BCUT2D eigenvalue weighted by molar-refractivity contribution is 5.68. The smallest absolute Gasteiger partial charge is 0.190 e. The second-order valence-electron chi connectivity index (χ2n) is 9.25. The van der Waals surface area contributed by atoms with Crippen molar-refractivity contribution in [3.05, 3.63) is 92.8 Å². The van der Waals surface area contributed by atoms with Crippen LogP contribution in [0.1, 0.15) is 63.5 Å². The molecule has 4 rings (SSSR count). The van der Waals surface area contributed by atoms with Gasteiger partial charge in [-0.15, -0.1) is 0 Å².